The van der Waals surface area contributed by atoms with E-state index in [1.54, 1.807) is 36.6 Å². The Morgan fingerprint density at radius 3 is 2.54 bits per heavy atom. The van der Waals surface area contributed by atoms with Gasteiger partial charge in [-0.2, -0.15) is 0 Å². The summed E-state index contributed by atoms with van der Waals surface area (Å²) in [5.74, 6) is 0.203. The van der Waals surface area contributed by atoms with Gasteiger partial charge in [-0.1, -0.05) is 0 Å². The summed E-state index contributed by atoms with van der Waals surface area (Å²) >= 11 is 0. The summed E-state index contributed by atoms with van der Waals surface area (Å²) in [5.41, 5.74) is 1.40. The maximum absolute atomic E-state index is 11.8. The molecule has 1 aromatic carbocycles. The standard InChI is InChI=1S/C19H24N2O5/c1-19(2,3)26-18(23)21-10-9-20-15-8-7-13(17(22)24-4)12-14(15)16-6-5-11-25-16/h5-8,11-12,20H,9-10H2,1-4H3,(H,21,23). The molecule has 2 rings (SSSR count). The Kier molecular flexibility index (Phi) is 6.27. The quantitative estimate of drug-likeness (QED) is 0.603. The third kappa shape index (κ3) is 5.54. The van der Waals surface area contributed by atoms with Gasteiger partial charge in [0.25, 0.3) is 0 Å². The van der Waals surface area contributed by atoms with Crippen LogP contribution in [0.25, 0.3) is 11.3 Å². The van der Waals surface area contributed by atoms with Crippen LogP contribution in [0, 0.1) is 0 Å². The summed E-state index contributed by atoms with van der Waals surface area (Å²) in [6, 6.07) is 8.72. The molecule has 7 nitrogen and oxygen atoms in total. The minimum Gasteiger partial charge on any atom is -0.465 e. The fourth-order valence-electron chi connectivity index (χ4n) is 2.25. The number of rotatable bonds is 6. The summed E-state index contributed by atoms with van der Waals surface area (Å²) < 4.78 is 15.4. The lowest BCUT2D eigenvalue weighted by Crippen LogP contribution is -2.35. The molecule has 0 fully saturated rings. The molecule has 0 unspecified atom stereocenters. The van der Waals surface area contributed by atoms with Crippen LogP contribution in [-0.4, -0.2) is 37.9 Å². The van der Waals surface area contributed by atoms with Crippen molar-refractivity contribution in [2.45, 2.75) is 26.4 Å². The third-order valence-electron chi connectivity index (χ3n) is 3.34. The zero-order valence-electron chi connectivity index (χ0n) is 15.4. The molecule has 2 aromatic rings. The molecule has 1 aromatic heterocycles. The minimum absolute atomic E-state index is 0.380. The first kappa shape index (κ1) is 19.4. The highest BCUT2D eigenvalue weighted by Gasteiger charge is 2.16. The first-order valence-electron chi connectivity index (χ1n) is 8.27. The maximum atomic E-state index is 11.8. The van der Waals surface area contributed by atoms with Crippen molar-refractivity contribution < 1.29 is 23.5 Å². The highest BCUT2D eigenvalue weighted by atomic mass is 16.6. The van der Waals surface area contributed by atoms with Crippen molar-refractivity contribution in [1.82, 2.24) is 5.32 Å². The van der Waals surface area contributed by atoms with E-state index in [1.165, 1.54) is 7.11 Å². The minimum atomic E-state index is -0.534. The number of methoxy groups -OCH3 is 1. The number of benzene rings is 1. The molecule has 0 saturated carbocycles. The van der Waals surface area contributed by atoms with E-state index in [0.717, 1.165) is 11.3 Å². The molecule has 0 aliphatic rings. The molecule has 0 bridgehead atoms. The summed E-state index contributed by atoms with van der Waals surface area (Å²) in [6.07, 6.45) is 1.10. The van der Waals surface area contributed by atoms with Gasteiger partial charge in [-0.3, -0.25) is 0 Å². The monoisotopic (exact) mass is 360 g/mol. The number of esters is 1. The van der Waals surface area contributed by atoms with Crippen LogP contribution in [-0.2, 0) is 9.47 Å². The van der Waals surface area contributed by atoms with Gasteiger partial charge < -0.3 is 24.5 Å². The van der Waals surface area contributed by atoms with Crippen molar-refractivity contribution in [2.24, 2.45) is 0 Å². The molecular weight excluding hydrogens is 336 g/mol. The van der Waals surface area contributed by atoms with E-state index in [2.05, 4.69) is 10.6 Å². The molecule has 1 amide bonds. The third-order valence-corrected chi connectivity index (χ3v) is 3.34. The van der Waals surface area contributed by atoms with Crippen LogP contribution in [0.5, 0.6) is 0 Å². The Morgan fingerprint density at radius 2 is 1.92 bits per heavy atom. The van der Waals surface area contributed by atoms with Gasteiger partial charge >= 0.3 is 12.1 Å². The van der Waals surface area contributed by atoms with Gasteiger partial charge in [-0.25, -0.2) is 9.59 Å². The number of carbonyl (C=O) groups is 2. The fraction of sp³-hybridized carbons (Fsp3) is 0.368. The van der Waals surface area contributed by atoms with Crippen LogP contribution in [0.2, 0.25) is 0 Å². The highest BCUT2D eigenvalue weighted by Crippen LogP contribution is 2.29. The first-order chi connectivity index (χ1) is 12.3. The summed E-state index contributed by atoms with van der Waals surface area (Å²) in [6.45, 7) is 6.28. The van der Waals surface area contributed by atoms with Gasteiger partial charge in [0, 0.05) is 24.3 Å². The largest absolute Gasteiger partial charge is 0.465 e. The average molecular weight is 360 g/mol. The van der Waals surface area contributed by atoms with Crippen molar-refractivity contribution in [3.8, 4) is 11.3 Å². The molecule has 26 heavy (non-hydrogen) atoms. The number of anilines is 1. The number of nitrogens with one attached hydrogen (secondary N) is 2. The van der Waals surface area contributed by atoms with E-state index in [-0.39, 0.29) is 0 Å². The van der Waals surface area contributed by atoms with E-state index in [0.29, 0.717) is 24.4 Å². The van der Waals surface area contributed by atoms with Crippen LogP contribution in [0.3, 0.4) is 0 Å². The van der Waals surface area contributed by atoms with E-state index in [4.69, 9.17) is 13.9 Å². The van der Waals surface area contributed by atoms with Crippen molar-refractivity contribution >= 4 is 17.7 Å². The number of hydrogen-bond donors (Lipinski definition) is 2. The molecule has 2 N–H and O–H groups in total. The van der Waals surface area contributed by atoms with Crippen LogP contribution in [0.15, 0.2) is 41.0 Å². The number of amides is 1. The second-order valence-corrected chi connectivity index (χ2v) is 6.58. The predicted molar refractivity (Wildman–Crippen MR) is 98.2 cm³/mol. The maximum Gasteiger partial charge on any atom is 0.407 e. The van der Waals surface area contributed by atoms with Crippen molar-refractivity contribution in [3.05, 3.63) is 42.2 Å². The highest BCUT2D eigenvalue weighted by molar-refractivity contribution is 5.92. The zero-order valence-corrected chi connectivity index (χ0v) is 15.4. The van der Waals surface area contributed by atoms with Crippen LogP contribution in [0.4, 0.5) is 10.5 Å². The number of alkyl carbamates (subject to hydrolysis) is 1. The molecule has 0 aliphatic heterocycles. The second kappa shape index (κ2) is 8.42. The van der Waals surface area contributed by atoms with Crippen molar-refractivity contribution in [3.63, 3.8) is 0 Å². The topological polar surface area (TPSA) is 89.8 Å². The Balaban J connectivity index is 2.02. The molecule has 0 saturated heterocycles. The van der Waals surface area contributed by atoms with Gasteiger partial charge in [0.1, 0.15) is 11.4 Å². The lowest BCUT2D eigenvalue weighted by atomic mass is 10.1. The Bertz CT molecular complexity index is 748. The molecule has 0 atom stereocenters. The van der Waals surface area contributed by atoms with Gasteiger partial charge in [0.05, 0.1) is 18.9 Å². The van der Waals surface area contributed by atoms with Gasteiger partial charge in [-0.05, 0) is 51.1 Å². The van der Waals surface area contributed by atoms with Gasteiger partial charge in [0.15, 0.2) is 0 Å². The van der Waals surface area contributed by atoms with Gasteiger partial charge in [-0.15, -0.1) is 0 Å². The second-order valence-electron chi connectivity index (χ2n) is 6.58. The predicted octanol–water partition coefficient (Wildman–Crippen LogP) is 3.67. The molecule has 0 radical (unpaired) electrons. The Hall–Kier alpha value is -2.96. The number of ether oxygens (including phenoxy) is 2. The van der Waals surface area contributed by atoms with Crippen LogP contribution < -0.4 is 10.6 Å². The van der Waals surface area contributed by atoms with Crippen LogP contribution >= 0.6 is 0 Å². The average Bonchev–Trinajstić information content (AvgIpc) is 3.11. The molecule has 1 heterocycles. The van der Waals surface area contributed by atoms with E-state index < -0.39 is 17.7 Å². The van der Waals surface area contributed by atoms with E-state index in [9.17, 15) is 9.59 Å². The molecule has 0 aliphatic carbocycles. The number of hydrogen-bond acceptors (Lipinski definition) is 6. The normalized spacial score (nSPS) is 10.9. The number of furan rings is 1. The molecule has 140 valence electrons. The molecular formula is C19H24N2O5. The zero-order chi connectivity index (χ0) is 19.2. The van der Waals surface area contributed by atoms with E-state index in [1.807, 2.05) is 20.8 Å². The summed E-state index contributed by atoms with van der Waals surface area (Å²) in [4.78, 5) is 23.4. The SMILES string of the molecule is COC(=O)c1ccc(NCCNC(=O)OC(C)(C)C)c(-c2ccco2)c1. The van der Waals surface area contributed by atoms with Crippen LogP contribution in [0.1, 0.15) is 31.1 Å². The Morgan fingerprint density at radius 1 is 1.15 bits per heavy atom. The summed E-state index contributed by atoms with van der Waals surface area (Å²) in [5, 5.41) is 5.90. The molecule has 0 spiro atoms. The lowest BCUT2D eigenvalue weighted by Gasteiger charge is -2.20. The van der Waals surface area contributed by atoms with E-state index >= 15 is 0 Å². The number of carbonyl (C=O) groups excluding carboxylic acids is 2. The summed E-state index contributed by atoms with van der Waals surface area (Å²) in [7, 11) is 1.34. The lowest BCUT2D eigenvalue weighted by molar-refractivity contribution is 0.0528. The Labute approximate surface area is 152 Å². The van der Waals surface area contributed by atoms with Crippen molar-refractivity contribution in [1.29, 1.82) is 0 Å². The fourth-order valence-corrected chi connectivity index (χ4v) is 2.25. The first-order valence-corrected chi connectivity index (χ1v) is 8.27. The van der Waals surface area contributed by atoms with Crippen molar-refractivity contribution in [2.75, 3.05) is 25.5 Å². The smallest absolute Gasteiger partial charge is 0.407 e. The molecule has 7 heteroatoms. The van der Waals surface area contributed by atoms with Gasteiger partial charge in [0.2, 0.25) is 0 Å².